The van der Waals surface area contributed by atoms with Crippen molar-refractivity contribution in [3.05, 3.63) is 41.0 Å². The van der Waals surface area contributed by atoms with Gasteiger partial charge in [-0.2, -0.15) is 18.3 Å². The quantitative estimate of drug-likeness (QED) is 0.911. The van der Waals surface area contributed by atoms with Crippen LogP contribution in [0.3, 0.4) is 0 Å². The fourth-order valence-corrected chi connectivity index (χ4v) is 1.89. The highest BCUT2D eigenvalue weighted by Gasteiger charge is 2.32. The van der Waals surface area contributed by atoms with E-state index in [2.05, 4.69) is 10.1 Å². The molecule has 0 radical (unpaired) electrons. The number of halogens is 3. The van der Waals surface area contributed by atoms with Crippen molar-refractivity contribution in [3.8, 4) is 5.69 Å². The van der Waals surface area contributed by atoms with Crippen molar-refractivity contribution < 1.29 is 13.2 Å². The summed E-state index contributed by atoms with van der Waals surface area (Å²) in [5.74, 6) is 0. The van der Waals surface area contributed by atoms with E-state index < -0.39 is 11.7 Å². The van der Waals surface area contributed by atoms with Crippen molar-refractivity contribution in [2.75, 3.05) is 0 Å². The zero-order valence-corrected chi connectivity index (χ0v) is 10.5. The molecule has 2 heterocycles. The average Bonchev–Trinajstić information content (AvgIpc) is 2.76. The normalized spacial score (nSPS) is 11.9. The Hall–Kier alpha value is -1.89. The molecule has 2 aromatic rings. The van der Waals surface area contributed by atoms with Gasteiger partial charge in [-0.25, -0.2) is 4.68 Å². The van der Waals surface area contributed by atoms with Crippen LogP contribution in [0.5, 0.6) is 0 Å². The second kappa shape index (κ2) is 4.65. The van der Waals surface area contributed by atoms with Gasteiger partial charge in [0.1, 0.15) is 0 Å². The maximum absolute atomic E-state index is 12.6. The monoisotopic (exact) mass is 270 g/mol. The Bertz CT molecular complexity index is 602. The van der Waals surface area contributed by atoms with Gasteiger partial charge in [-0.15, -0.1) is 0 Å². The largest absolute Gasteiger partial charge is 0.419 e. The van der Waals surface area contributed by atoms with Gasteiger partial charge in [0, 0.05) is 29.7 Å². The molecule has 0 aromatic carbocycles. The van der Waals surface area contributed by atoms with Crippen molar-refractivity contribution in [1.82, 2.24) is 14.8 Å². The summed E-state index contributed by atoms with van der Waals surface area (Å²) < 4.78 is 38.9. The second-order valence-corrected chi connectivity index (χ2v) is 4.22. The minimum absolute atomic E-state index is 0.190. The summed E-state index contributed by atoms with van der Waals surface area (Å²) in [6, 6.07) is 1.67. The lowest BCUT2D eigenvalue weighted by molar-refractivity contribution is -0.137. The van der Waals surface area contributed by atoms with Crippen molar-refractivity contribution in [1.29, 1.82) is 0 Å². The third-order valence-corrected chi connectivity index (χ3v) is 2.80. The van der Waals surface area contributed by atoms with Crippen LogP contribution < -0.4 is 5.73 Å². The first-order valence-electron chi connectivity index (χ1n) is 5.62. The molecule has 4 nitrogen and oxygen atoms in total. The van der Waals surface area contributed by atoms with E-state index in [1.54, 1.807) is 19.9 Å². The lowest BCUT2D eigenvalue weighted by Gasteiger charge is -2.11. The number of hydrogen-bond donors (Lipinski definition) is 1. The SMILES string of the molecule is Cc1cc(-n2cc(C(F)(F)F)cn2)c(CN)c(C)n1. The molecule has 0 amide bonds. The summed E-state index contributed by atoms with van der Waals surface area (Å²) in [6.07, 6.45) is -2.66. The summed E-state index contributed by atoms with van der Waals surface area (Å²) in [5.41, 5.74) is 7.45. The molecule has 19 heavy (non-hydrogen) atoms. The summed E-state index contributed by atoms with van der Waals surface area (Å²) in [5, 5.41) is 3.76. The van der Waals surface area contributed by atoms with E-state index in [-0.39, 0.29) is 6.54 Å². The number of aryl methyl sites for hydroxylation is 2. The highest BCUT2D eigenvalue weighted by molar-refractivity contribution is 5.44. The van der Waals surface area contributed by atoms with Crippen LogP contribution >= 0.6 is 0 Å². The lowest BCUT2D eigenvalue weighted by Crippen LogP contribution is -2.09. The van der Waals surface area contributed by atoms with Crippen molar-refractivity contribution in [2.24, 2.45) is 5.73 Å². The molecule has 0 fully saturated rings. The molecule has 0 aliphatic heterocycles. The van der Waals surface area contributed by atoms with E-state index >= 15 is 0 Å². The molecule has 0 saturated heterocycles. The van der Waals surface area contributed by atoms with Crippen molar-refractivity contribution >= 4 is 0 Å². The maximum Gasteiger partial charge on any atom is 0.419 e. The first-order chi connectivity index (χ1) is 8.82. The number of aromatic nitrogens is 3. The molecule has 2 N–H and O–H groups in total. The van der Waals surface area contributed by atoms with Gasteiger partial charge in [-0.3, -0.25) is 4.98 Å². The van der Waals surface area contributed by atoms with Crippen molar-refractivity contribution in [3.63, 3.8) is 0 Å². The number of pyridine rings is 1. The van der Waals surface area contributed by atoms with Crippen LogP contribution in [0.15, 0.2) is 18.5 Å². The molecule has 2 aromatic heterocycles. The number of alkyl halides is 3. The molecule has 0 aliphatic rings. The first kappa shape index (κ1) is 13.5. The predicted octanol–water partition coefficient (Wildman–Crippen LogP) is 2.36. The molecule has 0 spiro atoms. The van der Waals surface area contributed by atoms with Crippen LogP contribution in [0.4, 0.5) is 13.2 Å². The van der Waals surface area contributed by atoms with Crippen molar-refractivity contribution in [2.45, 2.75) is 26.6 Å². The molecule has 102 valence electrons. The van der Waals surface area contributed by atoms with Gasteiger partial charge in [-0.1, -0.05) is 0 Å². The zero-order valence-electron chi connectivity index (χ0n) is 10.5. The van der Waals surface area contributed by atoms with Gasteiger partial charge in [0.05, 0.1) is 17.4 Å². The molecule has 0 unspecified atom stereocenters. The maximum atomic E-state index is 12.6. The molecule has 0 atom stereocenters. The summed E-state index contributed by atoms with van der Waals surface area (Å²) in [7, 11) is 0. The van der Waals surface area contributed by atoms with Gasteiger partial charge in [0.25, 0.3) is 0 Å². The predicted molar refractivity (Wildman–Crippen MR) is 63.7 cm³/mol. The van der Waals surface area contributed by atoms with Crippen LogP contribution in [-0.2, 0) is 12.7 Å². The van der Waals surface area contributed by atoms with Gasteiger partial charge < -0.3 is 5.73 Å². The van der Waals surface area contributed by atoms with Gasteiger partial charge in [-0.05, 0) is 19.9 Å². The highest BCUT2D eigenvalue weighted by atomic mass is 19.4. The summed E-state index contributed by atoms with van der Waals surface area (Å²) in [4.78, 5) is 4.24. The van der Waals surface area contributed by atoms with Crippen LogP contribution in [0.2, 0.25) is 0 Å². The number of nitrogens with zero attached hydrogens (tertiary/aromatic N) is 3. The second-order valence-electron chi connectivity index (χ2n) is 4.22. The van der Waals surface area contributed by atoms with Gasteiger partial charge in [0.2, 0.25) is 0 Å². The van der Waals surface area contributed by atoms with Crippen LogP contribution in [-0.4, -0.2) is 14.8 Å². The molecule has 0 saturated carbocycles. The smallest absolute Gasteiger partial charge is 0.326 e. The molecular weight excluding hydrogens is 257 g/mol. The number of nitrogens with two attached hydrogens (primary N) is 1. The number of hydrogen-bond acceptors (Lipinski definition) is 3. The highest BCUT2D eigenvalue weighted by Crippen LogP contribution is 2.29. The lowest BCUT2D eigenvalue weighted by atomic mass is 10.1. The summed E-state index contributed by atoms with van der Waals surface area (Å²) >= 11 is 0. The summed E-state index contributed by atoms with van der Waals surface area (Å²) in [6.45, 7) is 3.73. The minimum Gasteiger partial charge on any atom is -0.326 e. The Balaban J connectivity index is 2.56. The third-order valence-electron chi connectivity index (χ3n) is 2.80. The minimum atomic E-state index is -4.40. The fraction of sp³-hybridized carbons (Fsp3) is 0.333. The Kier molecular flexibility index (Phi) is 3.32. The Morgan fingerprint density at radius 2 is 2.00 bits per heavy atom. The molecular formula is C12H13F3N4. The first-order valence-corrected chi connectivity index (χ1v) is 5.62. The van der Waals surface area contributed by atoms with Gasteiger partial charge >= 0.3 is 6.18 Å². The molecule has 2 rings (SSSR count). The van der Waals surface area contributed by atoms with E-state index in [9.17, 15) is 13.2 Å². The third kappa shape index (κ3) is 2.60. The van der Waals surface area contributed by atoms with E-state index in [0.29, 0.717) is 22.6 Å². The number of rotatable bonds is 2. The standard InChI is InChI=1S/C12H13F3N4/c1-7-3-11(10(4-16)8(2)18-7)19-6-9(5-17-19)12(13,14)15/h3,5-6H,4,16H2,1-2H3. The van der Waals surface area contributed by atoms with Crippen LogP contribution in [0.25, 0.3) is 5.69 Å². The van der Waals surface area contributed by atoms with Crippen LogP contribution in [0.1, 0.15) is 22.5 Å². The van der Waals surface area contributed by atoms with E-state index in [0.717, 1.165) is 12.4 Å². The molecule has 7 heteroatoms. The fourth-order valence-electron chi connectivity index (χ4n) is 1.89. The van der Waals surface area contributed by atoms with Crippen LogP contribution in [0, 0.1) is 13.8 Å². The zero-order chi connectivity index (χ0) is 14.2. The molecule has 0 aliphatic carbocycles. The topological polar surface area (TPSA) is 56.7 Å². The Morgan fingerprint density at radius 3 is 2.53 bits per heavy atom. The Labute approximate surface area is 108 Å². The average molecular weight is 270 g/mol. The van der Waals surface area contributed by atoms with E-state index in [1.165, 1.54) is 4.68 Å². The van der Waals surface area contributed by atoms with E-state index in [4.69, 9.17) is 5.73 Å². The Morgan fingerprint density at radius 1 is 1.32 bits per heavy atom. The van der Waals surface area contributed by atoms with E-state index in [1.807, 2.05) is 0 Å². The van der Waals surface area contributed by atoms with Gasteiger partial charge in [0.15, 0.2) is 0 Å². The molecule has 0 bridgehead atoms.